The fourth-order valence-electron chi connectivity index (χ4n) is 2.87. The molecular weight excluding hydrogens is 364 g/mol. The Balaban J connectivity index is 1.74. The normalized spacial score (nSPS) is 30.4. The Morgan fingerprint density at radius 1 is 1.56 bits per heavy atom. The zero-order chi connectivity index (χ0) is 18.5. The maximum Gasteiger partial charge on any atom is 0.352 e. The summed E-state index contributed by atoms with van der Waals surface area (Å²) < 4.78 is 0. The van der Waals surface area contributed by atoms with Crippen LogP contribution in [0.4, 0.5) is 0 Å². The molecule has 9 nitrogen and oxygen atoms in total. The number of rotatable bonds is 3. The molecule has 3 aliphatic rings. The molecule has 0 aromatic heterocycles. The van der Waals surface area contributed by atoms with E-state index >= 15 is 0 Å². The number of amidine groups is 1. The number of hydrogen-bond donors (Lipinski definition) is 4. The van der Waals surface area contributed by atoms with Crippen LogP contribution in [0.15, 0.2) is 28.2 Å². The predicted octanol–water partition coefficient (Wildman–Crippen LogP) is -0.719. The van der Waals surface area contributed by atoms with Crippen LogP contribution in [0.1, 0.15) is 6.92 Å². The monoisotopic (exact) mass is 384 g/mol. The molecule has 11 heteroatoms. The second-order valence-electron chi connectivity index (χ2n) is 5.95. The maximum absolute atomic E-state index is 12.5. The van der Waals surface area contributed by atoms with Gasteiger partial charge in [0, 0.05) is 18.4 Å². The van der Waals surface area contributed by atoms with E-state index in [-0.39, 0.29) is 17.0 Å². The number of amides is 1. The first kappa shape index (κ1) is 18.1. The average Bonchev–Trinajstić information content (AvgIpc) is 2.56. The number of aliphatic carboxylic acids is 1. The zero-order valence-corrected chi connectivity index (χ0v) is 15.4. The van der Waals surface area contributed by atoms with E-state index in [4.69, 9.17) is 17.2 Å². The largest absolute Gasteiger partial charge is 0.477 e. The van der Waals surface area contributed by atoms with Gasteiger partial charge < -0.3 is 27.2 Å². The summed E-state index contributed by atoms with van der Waals surface area (Å²) in [6.07, 6.45) is 1.15. The van der Waals surface area contributed by atoms with Gasteiger partial charge in [-0.25, -0.2) is 9.79 Å². The molecule has 1 amide bonds. The van der Waals surface area contributed by atoms with Gasteiger partial charge in [0.15, 0.2) is 5.17 Å². The van der Waals surface area contributed by atoms with E-state index in [1.165, 1.54) is 28.4 Å². The Hall–Kier alpha value is -1.69. The Morgan fingerprint density at radius 3 is 2.88 bits per heavy atom. The van der Waals surface area contributed by atoms with Crippen molar-refractivity contribution >= 4 is 40.6 Å². The van der Waals surface area contributed by atoms with E-state index in [2.05, 4.69) is 4.99 Å². The minimum Gasteiger partial charge on any atom is -0.477 e. The van der Waals surface area contributed by atoms with E-state index in [9.17, 15) is 14.7 Å². The minimum atomic E-state index is -1.10. The highest BCUT2D eigenvalue weighted by Crippen LogP contribution is 2.44. The van der Waals surface area contributed by atoms with Crippen molar-refractivity contribution in [3.63, 3.8) is 0 Å². The van der Waals surface area contributed by atoms with Crippen LogP contribution in [-0.4, -0.2) is 61.7 Å². The van der Waals surface area contributed by atoms with Gasteiger partial charge in [0.25, 0.3) is 0 Å². The third-order valence-corrected chi connectivity index (χ3v) is 6.84. The second kappa shape index (κ2) is 6.56. The fourth-order valence-corrected chi connectivity index (χ4v) is 5.37. The lowest BCUT2D eigenvalue weighted by atomic mass is 9.96. The van der Waals surface area contributed by atoms with Crippen LogP contribution in [0.2, 0.25) is 0 Å². The number of nitrogens with zero attached hydrogens (tertiary/aromatic N) is 3. The van der Waals surface area contributed by atoms with Crippen LogP contribution in [-0.2, 0) is 9.59 Å². The first-order chi connectivity index (χ1) is 11.7. The molecule has 7 N–H and O–H groups in total. The number of likely N-dealkylation sites (N-methyl/N-ethyl adjacent to an activating group) is 1. The molecule has 1 saturated heterocycles. The number of nitrogens with two attached hydrogens (primary N) is 3. The molecule has 25 heavy (non-hydrogen) atoms. The number of hydrogen-bond acceptors (Lipinski definition) is 9. The molecule has 0 saturated carbocycles. The Labute approximate surface area is 153 Å². The molecule has 0 bridgehead atoms. The van der Waals surface area contributed by atoms with Crippen LogP contribution in [0.5, 0.6) is 0 Å². The lowest BCUT2D eigenvalue weighted by molar-refractivity contribution is -0.152. The van der Waals surface area contributed by atoms with Crippen molar-refractivity contribution < 1.29 is 14.7 Å². The molecule has 0 spiro atoms. The van der Waals surface area contributed by atoms with Gasteiger partial charge in [-0.05, 0) is 13.0 Å². The molecular formula is C14H20N6O3S2. The summed E-state index contributed by atoms with van der Waals surface area (Å²) in [6, 6.07) is 0. The highest BCUT2D eigenvalue weighted by Gasteiger charge is 2.54. The van der Waals surface area contributed by atoms with Gasteiger partial charge in [0.2, 0.25) is 5.91 Å². The predicted molar refractivity (Wildman–Crippen MR) is 97.9 cm³/mol. The van der Waals surface area contributed by atoms with Crippen LogP contribution >= 0.6 is 23.5 Å². The topological polar surface area (TPSA) is 151 Å². The lowest BCUT2D eigenvalue weighted by Gasteiger charge is -2.50. The molecule has 3 heterocycles. The maximum atomic E-state index is 12.5. The van der Waals surface area contributed by atoms with Gasteiger partial charge in [0.1, 0.15) is 17.7 Å². The summed E-state index contributed by atoms with van der Waals surface area (Å²) >= 11 is 2.72. The lowest BCUT2D eigenvalue weighted by Crippen LogP contribution is -2.65. The average molecular weight is 384 g/mol. The summed E-state index contributed by atoms with van der Waals surface area (Å²) in [5, 5.41) is 8.91. The van der Waals surface area contributed by atoms with Crippen molar-refractivity contribution in [1.29, 1.82) is 0 Å². The number of β-lactam (4-membered cyclic amide) rings is 1. The molecule has 3 aliphatic heterocycles. The number of thioether (sulfide) groups is 2. The minimum absolute atomic E-state index is 0.0270. The fraction of sp³-hybridized carbons (Fsp3) is 0.500. The van der Waals surface area contributed by atoms with E-state index < -0.39 is 23.4 Å². The Bertz CT molecular complexity index is 721. The van der Waals surface area contributed by atoms with E-state index in [0.29, 0.717) is 16.7 Å². The van der Waals surface area contributed by atoms with Gasteiger partial charge in [-0.1, -0.05) is 11.8 Å². The number of carbonyl (C=O) groups excluding carboxylic acids is 1. The van der Waals surface area contributed by atoms with Crippen LogP contribution < -0.4 is 17.2 Å². The van der Waals surface area contributed by atoms with Crippen molar-refractivity contribution in [3.05, 3.63) is 23.2 Å². The van der Waals surface area contributed by atoms with Gasteiger partial charge in [-0.15, -0.1) is 11.8 Å². The third-order valence-electron chi connectivity index (χ3n) is 4.48. The van der Waals surface area contributed by atoms with Gasteiger partial charge >= 0.3 is 5.97 Å². The standard InChI is InChI=1S/C14H20N6O3S2/c1-5-8(15)18-14(19(2)9(5)16)25-10(17)7-11(21)20-6(13(22)23)3-4-24-12(7)20/h3,7,9-10,12H,4,15-17H2,1-2H3,(H,22,23)/t7?,9?,10?,12-/m0/s1. The molecule has 1 fully saturated rings. The molecule has 0 aliphatic carbocycles. The number of carboxylic acid groups (broad SMARTS) is 1. The van der Waals surface area contributed by atoms with Crippen LogP contribution in [0.3, 0.4) is 0 Å². The Morgan fingerprint density at radius 2 is 2.24 bits per heavy atom. The third kappa shape index (κ3) is 2.90. The van der Waals surface area contributed by atoms with Crippen molar-refractivity contribution in [3.8, 4) is 0 Å². The van der Waals surface area contributed by atoms with E-state index in [0.717, 1.165) is 5.57 Å². The molecule has 3 rings (SSSR count). The number of aliphatic imine (C=N–C) groups is 1. The zero-order valence-electron chi connectivity index (χ0n) is 13.7. The number of carbonyl (C=O) groups is 2. The molecule has 0 aromatic rings. The smallest absolute Gasteiger partial charge is 0.352 e. The number of carboxylic acids is 1. The quantitative estimate of drug-likeness (QED) is 0.365. The summed E-state index contributed by atoms with van der Waals surface area (Å²) in [6.45, 7) is 1.81. The van der Waals surface area contributed by atoms with E-state index in [1.807, 2.05) is 6.92 Å². The Kier molecular flexibility index (Phi) is 4.75. The van der Waals surface area contributed by atoms with Crippen molar-refractivity contribution in [2.24, 2.45) is 28.1 Å². The summed E-state index contributed by atoms with van der Waals surface area (Å²) in [4.78, 5) is 31.1. The van der Waals surface area contributed by atoms with Crippen molar-refractivity contribution in [2.75, 3.05) is 12.8 Å². The summed E-state index contributed by atoms with van der Waals surface area (Å²) in [7, 11) is 1.79. The molecule has 0 radical (unpaired) electrons. The molecule has 136 valence electrons. The molecule has 4 atom stereocenters. The second-order valence-corrected chi connectivity index (χ2v) is 8.25. The first-order valence-electron chi connectivity index (χ1n) is 7.57. The van der Waals surface area contributed by atoms with Gasteiger partial charge in [-0.3, -0.25) is 9.69 Å². The van der Waals surface area contributed by atoms with Crippen LogP contribution in [0.25, 0.3) is 0 Å². The summed E-state index contributed by atoms with van der Waals surface area (Å²) in [5.41, 5.74) is 19.0. The molecule has 3 unspecified atom stereocenters. The highest BCUT2D eigenvalue weighted by atomic mass is 32.2. The van der Waals surface area contributed by atoms with E-state index in [1.54, 1.807) is 18.0 Å². The van der Waals surface area contributed by atoms with Gasteiger partial charge in [-0.2, -0.15) is 0 Å². The van der Waals surface area contributed by atoms with Crippen molar-refractivity contribution in [1.82, 2.24) is 9.80 Å². The summed E-state index contributed by atoms with van der Waals surface area (Å²) in [5.74, 6) is -0.989. The SMILES string of the molecule is CC1=C(N)N=C(SC(N)C2C(=O)N3C(C(=O)O)=CCS[C@@H]23)N(C)C1N. The van der Waals surface area contributed by atoms with Crippen molar-refractivity contribution in [2.45, 2.75) is 23.8 Å². The highest BCUT2D eigenvalue weighted by molar-refractivity contribution is 8.14. The van der Waals surface area contributed by atoms with Crippen LogP contribution in [0, 0.1) is 5.92 Å². The first-order valence-corrected chi connectivity index (χ1v) is 9.50. The molecule has 0 aromatic carbocycles. The number of fused-ring (bicyclic) bond motifs is 1. The van der Waals surface area contributed by atoms with Gasteiger partial charge in [0.05, 0.1) is 16.7 Å².